The molecule has 2 fully saturated rings. The summed E-state index contributed by atoms with van der Waals surface area (Å²) in [7, 11) is 0. The molecule has 0 radical (unpaired) electrons. The fraction of sp³-hybridized carbons (Fsp3) is 0.889. The van der Waals surface area contributed by atoms with Gasteiger partial charge in [-0.1, -0.05) is 6.92 Å². The van der Waals surface area contributed by atoms with Crippen LogP contribution in [0.1, 0.15) is 19.8 Å². The summed E-state index contributed by atoms with van der Waals surface area (Å²) < 4.78 is 5.28. The third kappa shape index (κ3) is 1.04. The van der Waals surface area contributed by atoms with Crippen molar-refractivity contribution in [2.45, 2.75) is 19.8 Å². The smallest absolute Gasteiger partial charge is 0.223 e. The van der Waals surface area contributed by atoms with Gasteiger partial charge in [0.15, 0.2) is 0 Å². The van der Waals surface area contributed by atoms with E-state index in [4.69, 9.17) is 10.5 Å². The van der Waals surface area contributed by atoms with E-state index in [9.17, 15) is 4.79 Å². The van der Waals surface area contributed by atoms with Crippen LogP contribution < -0.4 is 5.73 Å². The highest BCUT2D eigenvalue weighted by Gasteiger charge is 2.58. The SMILES string of the molecule is CC1(C(N)=O)CC1C1CCOC1. The number of hydrogen-bond acceptors (Lipinski definition) is 2. The highest BCUT2D eigenvalue weighted by Crippen LogP contribution is 2.57. The molecule has 12 heavy (non-hydrogen) atoms. The van der Waals surface area contributed by atoms with E-state index in [0.29, 0.717) is 11.8 Å². The van der Waals surface area contributed by atoms with Crippen molar-refractivity contribution in [3.63, 3.8) is 0 Å². The summed E-state index contributed by atoms with van der Waals surface area (Å²) in [4.78, 5) is 11.0. The highest BCUT2D eigenvalue weighted by molar-refractivity contribution is 5.83. The van der Waals surface area contributed by atoms with Crippen molar-refractivity contribution < 1.29 is 9.53 Å². The van der Waals surface area contributed by atoms with E-state index >= 15 is 0 Å². The van der Waals surface area contributed by atoms with Gasteiger partial charge in [0.25, 0.3) is 0 Å². The summed E-state index contributed by atoms with van der Waals surface area (Å²) >= 11 is 0. The first-order valence-corrected chi connectivity index (χ1v) is 4.52. The van der Waals surface area contributed by atoms with Crippen LogP contribution in [0.2, 0.25) is 0 Å². The van der Waals surface area contributed by atoms with Gasteiger partial charge in [0, 0.05) is 18.6 Å². The second-order valence-corrected chi connectivity index (χ2v) is 4.22. The van der Waals surface area contributed by atoms with Gasteiger partial charge in [-0.15, -0.1) is 0 Å². The summed E-state index contributed by atoms with van der Waals surface area (Å²) in [5.41, 5.74) is 5.10. The van der Waals surface area contributed by atoms with Crippen molar-refractivity contribution >= 4 is 5.91 Å². The molecule has 0 aromatic carbocycles. The largest absolute Gasteiger partial charge is 0.381 e. The van der Waals surface area contributed by atoms with Crippen molar-refractivity contribution in [3.8, 4) is 0 Å². The summed E-state index contributed by atoms with van der Waals surface area (Å²) in [6, 6.07) is 0. The summed E-state index contributed by atoms with van der Waals surface area (Å²) in [6.45, 7) is 3.65. The minimum Gasteiger partial charge on any atom is -0.381 e. The average molecular weight is 169 g/mol. The fourth-order valence-corrected chi connectivity index (χ4v) is 2.24. The Morgan fingerprint density at radius 2 is 2.42 bits per heavy atom. The number of hydrogen-bond donors (Lipinski definition) is 1. The average Bonchev–Trinajstić information content (AvgIpc) is 2.49. The predicted molar refractivity (Wildman–Crippen MR) is 44.3 cm³/mol. The molecule has 2 N–H and O–H groups in total. The molecule has 1 saturated heterocycles. The first-order chi connectivity index (χ1) is 5.64. The Kier molecular flexibility index (Phi) is 1.65. The van der Waals surface area contributed by atoms with Gasteiger partial charge in [0.2, 0.25) is 5.91 Å². The molecule has 1 aliphatic carbocycles. The molecule has 68 valence electrons. The number of carbonyl (C=O) groups excluding carboxylic acids is 1. The van der Waals surface area contributed by atoms with Gasteiger partial charge in [-0.3, -0.25) is 4.79 Å². The van der Waals surface area contributed by atoms with Crippen molar-refractivity contribution in [2.24, 2.45) is 23.0 Å². The van der Waals surface area contributed by atoms with Crippen LogP contribution in [0.3, 0.4) is 0 Å². The molecule has 3 unspecified atom stereocenters. The molecule has 3 atom stereocenters. The van der Waals surface area contributed by atoms with Crippen LogP contribution in [0.4, 0.5) is 0 Å². The third-order valence-electron chi connectivity index (χ3n) is 3.40. The van der Waals surface area contributed by atoms with Crippen LogP contribution in [0.25, 0.3) is 0 Å². The van der Waals surface area contributed by atoms with E-state index in [1.165, 1.54) is 0 Å². The Morgan fingerprint density at radius 1 is 1.67 bits per heavy atom. The van der Waals surface area contributed by atoms with Gasteiger partial charge >= 0.3 is 0 Å². The van der Waals surface area contributed by atoms with E-state index in [2.05, 4.69) is 0 Å². The first kappa shape index (κ1) is 8.05. The van der Waals surface area contributed by atoms with Crippen molar-refractivity contribution in [1.82, 2.24) is 0 Å². The van der Waals surface area contributed by atoms with Gasteiger partial charge in [-0.2, -0.15) is 0 Å². The Balaban J connectivity index is 1.97. The molecule has 0 aromatic rings. The lowest BCUT2D eigenvalue weighted by Gasteiger charge is -2.10. The quantitative estimate of drug-likeness (QED) is 0.655. The fourth-order valence-electron chi connectivity index (χ4n) is 2.24. The molecule has 3 heteroatoms. The number of nitrogens with two attached hydrogens (primary N) is 1. The van der Waals surface area contributed by atoms with E-state index in [1.807, 2.05) is 6.92 Å². The zero-order chi connectivity index (χ0) is 8.77. The van der Waals surface area contributed by atoms with Crippen LogP contribution in [-0.2, 0) is 9.53 Å². The van der Waals surface area contributed by atoms with Crippen LogP contribution in [0, 0.1) is 17.3 Å². The Bertz CT molecular complexity index is 211. The van der Waals surface area contributed by atoms with Gasteiger partial charge in [-0.05, 0) is 24.7 Å². The molecule has 2 aliphatic rings. The summed E-state index contributed by atoms with van der Waals surface area (Å²) in [5, 5.41) is 0. The molecule has 1 saturated carbocycles. The second-order valence-electron chi connectivity index (χ2n) is 4.22. The molecule has 1 heterocycles. The first-order valence-electron chi connectivity index (χ1n) is 4.52. The summed E-state index contributed by atoms with van der Waals surface area (Å²) in [5.74, 6) is 0.944. The van der Waals surface area contributed by atoms with Crippen LogP contribution in [0.5, 0.6) is 0 Å². The Hall–Kier alpha value is -0.570. The predicted octanol–water partition coefficient (Wildman–Crippen LogP) is 0.534. The lowest BCUT2D eigenvalue weighted by molar-refractivity contribution is -0.123. The molecule has 0 spiro atoms. The zero-order valence-electron chi connectivity index (χ0n) is 7.38. The molecule has 2 rings (SSSR count). The van der Waals surface area contributed by atoms with Gasteiger partial charge < -0.3 is 10.5 Å². The van der Waals surface area contributed by atoms with E-state index < -0.39 is 0 Å². The zero-order valence-corrected chi connectivity index (χ0v) is 7.38. The minimum atomic E-state index is -0.210. The molecule has 1 amide bonds. The van der Waals surface area contributed by atoms with Crippen molar-refractivity contribution in [2.75, 3.05) is 13.2 Å². The highest BCUT2D eigenvalue weighted by atomic mass is 16.5. The maximum Gasteiger partial charge on any atom is 0.223 e. The molecular weight excluding hydrogens is 154 g/mol. The van der Waals surface area contributed by atoms with E-state index in [1.54, 1.807) is 0 Å². The number of amides is 1. The number of carbonyl (C=O) groups is 1. The topological polar surface area (TPSA) is 52.3 Å². The Labute approximate surface area is 72.3 Å². The number of ether oxygens (including phenoxy) is 1. The maximum atomic E-state index is 11.0. The lowest BCUT2D eigenvalue weighted by atomic mass is 9.95. The number of primary amides is 1. The molecule has 3 nitrogen and oxygen atoms in total. The molecular formula is C9H15NO2. The standard InChI is InChI=1S/C9H15NO2/c1-9(8(10)11)4-7(9)6-2-3-12-5-6/h6-7H,2-5H2,1H3,(H2,10,11). The molecule has 0 aromatic heterocycles. The van der Waals surface area contributed by atoms with Crippen molar-refractivity contribution in [1.29, 1.82) is 0 Å². The Morgan fingerprint density at radius 3 is 2.83 bits per heavy atom. The van der Waals surface area contributed by atoms with E-state index in [0.717, 1.165) is 26.1 Å². The van der Waals surface area contributed by atoms with Gasteiger partial charge in [-0.25, -0.2) is 0 Å². The number of rotatable bonds is 2. The van der Waals surface area contributed by atoms with Crippen LogP contribution >= 0.6 is 0 Å². The maximum absolute atomic E-state index is 11.0. The molecule has 1 aliphatic heterocycles. The van der Waals surface area contributed by atoms with Crippen molar-refractivity contribution in [3.05, 3.63) is 0 Å². The van der Waals surface area contributed by atoms with E-state index in [-0.39, 0.29) is 11.3 Å². The minimum absolute atomic E-state index is 0.139. The molecule has 0 bridgehead atoms. The third-order valence-corrected chi connectivity index (χ3v) is 3.40. The van der Waals surface area contributed by atoms with Crippen LogP contribution in [-0.4, -0.2) is 19.1 Å². The van der Waals surface area contributed by atoms with Crippen LogP contribution in [0.15, 0.2) is 0 Å². The lowest BCUT2D eigenvalue weighted by Crippen LogP contribution is -2.25. The summed E-state index contributed by atoms with van der Waals surface area (Å²) in [6.07, 6.45) is 2.07. The monoisotopic (exact) mass is 169 g/mol. The second kappa shape index (κ2) is 2.46. The van der Waals surface area contributed by atoms with Gasteiger partial charge in [0.05, 0.1) is 0 Å². The van der Waals surface area contributed by atoms with Gasteiger partial charge in [0.1, 0.15) is 0 Å². The normalized spacial score (nSPS) is 46.1.